The summed E-state index contributed by atoms with van der Waals surface area (Å²) in [6, 6.07) is -0.625. The molecule has 2 unspecified atom stereocenters. The van der Waals surface area contributed by atoms with Crippen molar-refractivity contribution in [3.8, 4) is 0 Å². The van der Waals surface area contributed by atoms with Crippen molar-refractivity contribution in [2.24, 2.45) is 0 Å². The Bertz CT molecular complexity index is 1310. The molecule has 2 atom stereocenters. The Hall–Kier alpha value is -2.17. The highest BCUT2D eigenvalue weighted by molar-refractivity contribution is 5.76. The molecule has 0 aromatic carbocycles. The molecule has 0 heterocycles. The van der Waals surface area contributed by atoms with Crippen molar-refractivity contribution >= 4 is 5.91 Å². The second-order valence-electron chi connectivity index (χ2n) is 23.6. The van der Waals surface area contributed by atoms with E-state index in [1.54, 1.807) is 6.08 Å². The fraction of sp³-hybridized carbons (Fsp3) is 0.822. The number of carbonyl (C=O) groups excluding carboxylic acids is 1. The Labute approximate surface area is 482 Å². The third kappa shape index (κ3) is 64.5. The molecule has 0 saturated heterocycles. The number of nitrogens with one attached hydrogen (secondary N) is 1. The lowest BCUT2D eigenvalue weighted by atomic mass is 10.0. The average molecular weight is 1070 g/mol. The molecule has 450 valence electrons. The van der Waals surface area contributed by atoms with Gasteiger partial charge in [-0.05, 0) is 64.2 Å². The lowest BCUT2D eigenvalue weighted by molar-refractivity contribution is -0.123. The van der Waals surface area contributed by atoms with Gasteiger partial charge in [-0.3, -0.25) is 4.79 Å². The largest absolute Gasteiger partial charge is 0.394 e. The Morgan fingerprint density at radius 1 is 0.325 bits per heavy atom. The van der Waals surface area contributed by atoms with Gasteiger partial charge in [-0.1, -0.05) is 369 Å². The van der Waals surface area contributed by atoms with E-state index in [-0.39, 0.29) is 12.5 Å². The van der Waals surface area contributed by atoms with Gasteiger partial charge in [0.2, 0.25) is 5.91 Å². The number of allylic oxidation sites excluding steroid dienone is 11. The van der Waals surface area contributed by atoms with Gasteiger partial charge in [0, 0.05) is 6.42 Å². The summed E-state index contributed by atoms with van der Waals surface area (Å²) in [4.78, 5) is 12.5. The van der Waals surface area contributed by atoms with Crippen molar-refractivity contribution < 1.29 is 15.0 Å². The molecule has 1 amide bonds. The Balaban J connectivity index is 3.44. The molecule has 0 aliphatic rings. The SMILES string of the molecule is CC/C=C\C/C=C\C/C=C\C/C=C\C/C=C\CCCCCCCCCCCCCCCCCCCCCC(=O)NC(CO)C(O)/C=C/CCCCCCCCCCCCCCCCCCCCCCCCCCCCCC. The lowest BCUT2D eigenvalue weighted by Crippen LogP contribution is -2.45. The van der Waals surface area contributed by atoms with Crippen LogP contribution in [0.25, 0.3) is 0 Å². The summed E-state index contributed by atoms with van der Waals surface area (Å²) in [6.45, 7) is 4.23. The number of aliphatic hydroxyl groups is 2. The van der Waals surface area contributed by atoms with E-state index in [1.807, 2.05) is 6.08 Å². The van der Waals surface area contributed by atoms with Crippen LogP contribution in [0.15, 0.2) is 72.9 Å². The standard InChI is InChI=1S/C73H135NO3/c1-3-5-7-9-11-13-15-17-19-21-23-25-27-29-31-33-35-36-37-38-39-41-43-45-47-49-51-53-55-57-59-61-63-65-67-69-73(77)74-71(70-75)72(76)68-66-64-62-60-58-56-54-52-50-48-46-44-42-40-34-32-30-28-26-24-22-20-18-16-14-12-10-8-6-4-2/h5,7,11,13,17,19,23,25,29,31,66,68,71-72,75-76H,3-4,6,8-10,12,14-16,18,20-22,24,26-28,30,32-65,67,69-70H2,1-2H3,(H,74,77)/b7-5-,13-11-,19-17-,25-23-,31-29-,68-66+. The van der Waals surface area contributed by atoms with E-state index in [2.05, 4.69) is 79.9 Å². The molecule has 3 N–H and O–H groups in total. The monoisotopic (exact) mass is 1070 g/mol. The van der Waals surface area contributed by atoms with Crippen molar-refractivity contribution in [2.75, 3.05) is 6.61 Å². The van der Waals surface area contributed by atoms with Crippen LogP contribution in [0.3, 0.4) is 0 Å². The molecule has 0 aromatic rings. The van der Waals surface area contributed by atoms with E-state index in [0.29, 0.717) is 6.42 Å². The summed E-state index contributed by atoms with van der Waals surface area (Å²) >= 11 is 0. The molecule has 0 aromatic heterocycles. The molecule has 0 fully saturated rings. The highest BCUT2D eigenvalue weighted by Gasteiger charge is 2.18. The van der Waals surface area contributed by atoms with Crippen LogP contribution in [-0.4, -0.2) is 34.9 Å². The lowest BCUT2D eigenvalue weighted by Gasteiger charge is -2.20. The molecular weight excluding hydrogens is 939 g/mol. The van der Waals surface area contributed by atoms with Crippen molar-refractivity contribution in [3.63, 3.8) is 0 Å². The Kier molecular flexibility index (Phi) is 66.2. The van der Waals surface area contributed by atoms with Crippen LogP contribution in [0.5, 0.6) is 0 Å². The normalized spacial score (nSPS) is 13.1. The molecule has 0 saturated carbocycles. The quantitative estimate of drug-likeness (QED) is 0.0420. The summed E-state index contributed by atoms with van der Waals surface area (Å²) in [6.07, 6.45) is 98.4. The van der Waals surface area contributed by atoms with Crippen LogP contribution >= 0.6 is 0 Å². The minimum Gasteiger partial charge on any atom is -0.394 e. The van der Waals surface area contributed by atoms with Crippen molar-refractivity contribution in [1.82, 2.24) is 5.32 Å². The van der Waals surface area contributed by atoms with Gasteiger partial charge < -0.3 is 15.5 Å². The smallest absolute Gasteiger partial charge is 0.220 e. The van der Waals surface area contributed by atoms with E-state index >= 15 is 0 Å². The highest BCUT2D eigenvalue weighted by Crippen LogP contribution is 2.19. The van der Waals surface area contributed by atoms with E-state index in [1.165, 1.54) is 289 Å². The second-order valence-corrected chi connectivity index (χ2v) is 23.6. The molecule has 0 bridgehead atoms. The summed E-state index contributed by atoms with van der Waals surface area (Å²) in [5.41, 5.74) is 0. The van der Waals surface area contributed by atoms with Crippen LogP contribution in [0.4, 0.5) is 0 Å². The summed E-state index contributed by atoms with van der Waals surface area (Å²) in [7, 11) is 0. The van der Waals surface area contributed by atoms with Gasteiger partial charge in [-0.25, -0.2) is 0 Å². The first-order valence-electron chi connectivity index (χ1n) is 34.7. The number of carbonyl (C=O) groups is 1. The molecule has 0 radical (unpaired) electrons. The van der Waals surface area contributed by atoms with Crippen LogP contribution in [0.1, 0.15) is 367 Å². The van der Waals surface area contributed by atoms with Crippen LogP contribution in [0, 0.1) is 0 Å². The first-order chi connectivity index (χ1) is 38.2. The zero-order chi connectivity index (χ0) is 55.5. The third-order valence-corrected chi connectivity index (χ3v) is 15.9. The van der Waals surface area contributed by atoms with Gasteiger partial charge in [0.1, 0.15) is 0 Å². The third-order valence-electron chi connectivity index (χ3n) is 15.9. The number of amides is 1. The van der Waals surface area contributed by atoms with Gasteiger partial charge in [-0.15, -0.1) is 0 Å². The molecule has 0 aliphatic heterocycles. The van der Waals surface area contributed by atoms with Crippen molar-refractivity contribution in [2.45, 2.75) is 379 Å². The number of rotatable bonds is 64. The molecular formula is C73H135NO3. The van der Waals surface area contributed by atoms with Gasteiger partial charge >= 0.3 is 0 Å². The molecule has 77 heavy (non-hydrogen) atoms. The fourth-order valence-electron chi connectivity index (χ4n) is 10.7. The van der Waals surface area contributed by atoms with Crippen molar-refractivity contribution in [3.05, 3.63) is 72.9 Å². The van der Waals surface area contributed by atoms with Crippen LogP contribution in [0.2, 0.25) is 0 Å². The summed E-state index contributed by atoms with van der Waals surface area (Å²) in [5.74, 6) is -0.0586. The van der Waals surface area contributed by atoms with Gasteiger partial charge in [0.05, 0.1) is 18.8 Å². The maximum Gasteiger partial charge on any atom is 0.220 e. The van der Waals surface area contributed by atoms with E-state index < -0.39 is 12.1 Å². The molecule has 0 spiro atoms. The first kappa shape index (κ1) is 74.8. The van der Waals surface area contributed by atoms with E-state index in [0.717, 1.165) is 57.8 Å². The van der Waals surface area contributed by atoms with Gasteiger partial charge in [0.25, 0.3) is 0 Å². The summed E-state index contributed by atoms with van der Waals surface area (Å²) < 4.78 is 0. The number of hydrogen-bond acceptors (Lipinski definition) is 3. The van der Waals surface area contributed by atoms with E-state index in [4.69, 9.17) is 0 Å². The minimum absolute atomic E-state index is 0.0586. The molecule has 0 rings (SSSR count). The Morgan fingerprint density at radius 2 is 0.571 bits per heavy atom. The zero-order valence-corrected chi connectivity index (χ0v) is 52.0. The summed E-state index contributed by atoms with van der Waals surface area (Å²) in [5, 5.41) is 23.3. The van der Waals surface area contributed by atoms with Crippen LogP contribution in [-0.2, 0) is 4.79 Å². The topological polar surface area (TPSA) is 69.6 Å². The zero-order valence-electron chi connectivity index (χ0n) is 52.0. The van der Waals surface area contributed by atoms with Gasteiger partial charge in [-0.2, -0.15) is 0 Å². The highest BCUT2D eigenvalue weighted by atomic mass is 16.3. The minimum atomic E-state index is -0.842. The predicted molar refractivity (Wildman–Crippen MR) is 345 cm³/mol. The number of hydrogen-bond donors (Lipinski definition) is 3. The van der Waals surface area contributed by atoms with Crippen molar-refractivity contribution in [1.29, 1.82) is 0 Å². The van der Waals surface area contributed by atoms with Crippen LogP contribution < -0.4 is 5.32 Å². The second kappa shape index (κ2) is 68.1. The predicted octanol–water partition coefficient (Wildman–Crippen LogP) is 23.7. The average Bonchev–Trinajstić information content (AvgIpc) is 3.43. The van der Waals surface area contributed by atoms with E-state index in [9.17, 15) is 15.0 Å². The van der Waals surface area contributed by atoms with Gasteiger partial charge in [0.15, 0.2) is 0 Å². The number of unbranched alkanes of at least 4 members (excludes halogenated alkanes) is 47. The maximum atomic E-state index is 12.5. The molecule has 0 aliphatic carbocycles. The molecule has 4 nitrogen and oxygen atoms in total. The maximum absolute atomic E-state index is 12.5. The first-order valence-corrected chi connectivity index (χ1v) is 34.7. The number of aliphatic hydroxyl groups excluding tert-OH is 2. The molecule has 4 heteroatoms. The Morgan fingerprint density at radius 3 is 0.857 bits per heavy atom. The fourth-order valence-corrected chi connectivity index (χ4v) is 10.7.